The van der Waals surface area contributed by atoms with Crippen LogP contribution in [0, 0.1) is 0 Å². The van der Waals surface area contributed by atoms with Crippen LogP contribution in [0.3, 0.4) is 0 Å². The maximum absolute atomic E-state index is 2.57. The highest BCUT2D eigenvalue weighted by Gasteiger charge is 2.42. The number of aromatic nitrogens is 2. The van der Waals surface area contributed by atoms with Gasteiger partial charge in [0.05, 0.1) is 22.1 Å². The lowest BCUT2D eigenvalue weighted by molar-refractivity contribution is 1.17. The molecular weight excluding hydrogens is 701 g/mol. The van der Waals surface area contributed by atoms with Crippen molar-refractivity contribution < 1.29 is 0 Å². The van der Waals surface area contributed by atoms with Crippen molar-refractivity contribution >= 4 is 83.8 Å². The molecule has 58 heavy (non-hydrogen) atoms. The van der Waals surface area contributed by atoms with Crippen molar-refractivity contribution in [1.29, 1.82) is 0 Å². The first kappa shape index (κ1) is 31.6. The Bertz CT molecular complexity index is 3440. The summed E-state index contributed by atoms with van der Waals surface area (Å²) >= 11 is 0. The van der Waals surface area contributed by atoms with Crippen LogP contribution in [0.2, 0.25) is 0 Å². The minimum Gasteiger partial charge on any atom is -0.311 e. The Labute approximate surface area is 336 Å². The van der Waals surface area contributed by atoms with E-state index in [4.69, 9.17) is 0 Å². The predicted octanol–water partition coefficient (Wildman–Crippen LogP) is 11.8. The normalized spacial score (nSPS) is 12.8. The molecule has 268 valence electrons. The maximum atomic E-state index is 2.57. The summed E-state index contributed by atoms with van der Waals surface area (Å²) in [5, 5.41) is 5.10. The van der Waals surface area contributed by atoms with Gasteiger partial charge in [0.1, 0.15) is 0 Å². The summed E-state index contributed by atoms with van der Waals surface area (Å²) in [6.07, 6.45) is 0. The molecule has 2 aliphatic heterocycles. The monoisotopic (exact) mass is 735 g/mol. The third kappa shape index (κ3) is 4.34. The highest BCUT2D eigenvalue weighted by Crippen LogP contribution is 2.45. The van der Waals surface area contributed by atoms with Crippen LogP contribution < -0.4 is 21.3 Å². The van der Waals surface area contributed by atoms with Gasteiger partial charge in [-0.3, -0.25) is 0 Å². The second-order valence-corrected chi connectivity index (χ2v) is 15.7. The van der Waals surface area contributed by atoms with E-state index in [9.17, 15) is 0 Å². The predicted molar refractivity (Wildman–Crippen MR) is 245 cm³/mol. The molecule has 0 saturated carbocycles. The Morgan fingerprint density at radius 1 is 0.310 bits per heavy atom. The first-order valence-corrected chi connectivity index (χ1v) is 20.1. The van der Waals surface area contributed by atoms with Crippen LogP contribution in [-0.2, 0) is 0 Å². The fourth-order valence-electron chi connectivity index (χ4n) is 10.2. The number of hydrogen-bond acceptors (Lipinski definition) is 1. The summed E-state index contributed by atoms with van der Waals surface area (Å²) in [7, 11) is 0. The lowest BCUT2D eigenvalue weighted by Crippen LogP contribution is -2.60. The van der Waals surface area contributed by atoms with Crippen LogP contribution in [0.1, 0.15) is 0 Å². The first-order valence-electron chi connectivity index (χ1n) is 20.1. The topological polar surface area (TPSA) is 13.1 Å². The molecule has 0 spiro atoms. The van der Waals surface area contributed by atoms with E-state index in [1.165, 1.54) is 105 Å². The number of nitrogens with zero attached hydrogens (tertiary/aromatic N) is 3. The van der Waals surface area contributed by atoms with Gasteiger partial charge in [-0.15, -0.1) is 0 Å². The molecule has 0 fully saturated rings. The molecule has 2 aromatic heterocycles. The van der Waals surface area contributed by atoms with Crippen molar-refractivity contribution in [2.75, 3.05) is 4.90 Å². The van der Waals surface area contributed by atoms with Gasteiger partial charge < -0.3 is 14.0 Å². The summed E-state index contributed by atoms with van der Waals surface area (Å²) < 4.78 is 5.01. The lowest BCUT2D eigenvalue weighted by atomic mass is 9.33. The van der Waals surface area contributed by atoms with Crippen molar-refractivity contribution in [3.8, 4) is 33.6 Å². The number of para-hydroxylation sites is 3. The van der Waals surface area contributed by atoms with E-state index in [1.807, 2.05) is 0 Å². The highest BCUT2D eigenvalue weighted by atomic mass is 15.2. The van der Waals surface area contributed by atoms with Gasteiger partial charge in [0.2, 0.25) is 0 Å². The molecule has 9 aromatic carbocycles. The standard InChI is InChI=1S/C54H34BN3/c1-4-14-35(15-5-1)37-24-27-40(28-25-37)57-49-30-26-38(36-16-6-2-7-17-36)32-46(49)55-45-21-11-13-23-48(45)58-52-34-51-43(33-44(52)42-29-31-50(57)53(55)54(42)58)41-20-10-12-22-47(41)56(51)39-18-8-3-9-19-39/h1-34H. The van der Waals surface area contributed by atoms with Crippen LogP contribution in [0.5, 0.6) is 0 Å². The molecule has 0 saturated heterocycles. The Kier molecular flexibility index (Phi) is 6.53. The van der Waals surface area contributed by atoms with Gasteiger partial charge in [-0.05, 0) is 99.3 Å². The molecule has 4 heterocycles. The van der Waals surface area contributed by atoms with Crippen LogP contribution in [-0.4, -0.2) is 15.8 Å². The number of benzene rings is 9. The zero-order valence-corrected chi connectivity index (χ0v) is 31.5. The average Bonchev–Trinajstić information content (AvgIpc) is 3.80. The first-order chi connectivity index (χ1) is 28.8. The second kappa shape index (κ2) is 12.0. The van der Waals surface area contributed by atoms with Crippen LogP contribution in [0.4, 0.5) is 17.1 Å². The van der Waals surface area contributed by atoms with Crippen LogP contribution >= 0.6 is 0 Å². The van der Waals surface area contributed by atoms with Crippen molar-refractivity contribution in [1.82, 2.24) is 9.13 Å². The van der Waals surface area contributed by atoms with Crippen LogP contribution in [0.25, 0.3) is 77.2 Å². The molecule has 0 bridgehead atoms. The van der Waals surface area contributed by atoms with Crippen molar-refractivity contribution in [3.63, 3.8) is 0 Å². The number of rotatable bonds is 4. The summed E-state index contributed by atoms with van der Waals surface area (Å²) in [6.45, 7) is 0.0543. The van der Waals surface area contributed by atoms with Gasteiger partial charge in [0.15, 0.2) is 0 Å². The van der Waals surface area contributed by atoms with Gasteiger partial charge in [-0.1, -0.05) is 146 Å². The second-order valence-electron chi connectivity index (χ2n) is 15.7. The van der Waals surface area contributed by atoms with Gasteiger partial charge >= 0.3 is 0 Å². The lowest BCUT2D eigenvalue weighted by Gasteiger charge is -2.40. The molecule has 3 nitrogen and oxygen atoms in total. The Balaban J connectivity index is 1.13. The largest absolute Gasteiger partial charge is 0.311 e. The van der Waals surface area contributed by atoms with Crippen molar-refractivity contribution in [2.45, 2.75) is 0 Å². The van der Waals surface area contributed by atoms with E-state index in [2.05, 4.69) is 220 Å². The zero-order chi connectivity index (χ0) is 37.9. The van der Waals surface area contributed by atoms with E-state index >= 15 is 0 Å². The Morgan fingerprint density at radius 3 is 1.71 bits per heavy atom. The maximum Gasteiger partial charge on any atom is 0.252 e. The number of fused-ring (bicyclic) bond motifs is 11. The SMILES string of the molecule is c1ccc(-c2ccc(N3c4ccc(-c5ccccc5)cc4B4c5ccccc5-n5c6cc7c(cc6c6ccc3c4c65)c3ccccc3n7-c3ccccc3)cc2)cc1. The van der Waals surface area contributed by atoms with Gasteiger partial charge in [-0.25, -0.2) is 0 Å². The van der Waals surface area contributed by atoms with Gasteiger partial charge in [0.25, 0.3) is 6.71 Å². The number of anilines is 3. The van der Waals surface area contributed by atoms with Crippen LogP contribution in [0.15, 0.2) is 206 Å². The van der Waals surface area contributed by atoms with Gasteiger partial charge in [0, 0.05) is 50.0 Å². The summed E-state index contributed by atoms with van der Waals surface area (Å²) in [6, 6.07) is 76.1. The molecule has 2 aliphatic rings. The average molecular weight is 736 g/mol. The fourth-order valence-corrected chi connectivity index (χ4v) is 10.2. The van der Waals surface area contributed by atoms with Crippen molar-refractivity contribution in [2.24, 2.45) is 0 Å². The summed E-state index contributed by atoms with van der Waals surface area (Å²) in [5.74, 6) is 0. The molecule has 0 unspecified atom stereocenters. The zero-order valence-electron chi connectivity index (χ0n) is 31.5. The smallest absolute Gasteiger partial charge is 0.252 e. The number of hydrogen-bond donors (Lipinski definition) is 0. The van der Waals surface area contributed by atoms with E-state index in [1.54, 1.807) is 0 Å². The molecule has 13 rings (SSSR count). The molecule has 0 atom stereocenters. The van der Waals surface area contributed by atoms with E-state index in [0.29, 0.717) is 0 Å². The Hall–Kier alpha value is -7.56. The quantitative estimate of drug-likeness (QED) is 0.164. The molecular formula is C54H34BN3. The minimum atomic E-state index is 0.0543. The summed E-state index contributed by atoms with van der Waals surface area (Å²) in [4.78, 5) is 2.51. The van der Waals surface area contributed by atoms with E-state index < -0.39 is 0 Å². The molecule has 4 heteroatoms. The highest BCUT2D eigenvalue weighted by molar-refractivity contribution is 7.00. The van der Waals surface area contributed by atoms with E-state index in [-0.39, 0.29) is 6.71 Å². The fraction of sp³-hybridized carbons (Fsp3) is 0. The molecule has 11 aromatic rings. The van der Waals surface area contributed by atoms with Gasteiger partial charge in [-0.2, -0.15) is 0 Å². The molecule has 0 radical (unpaired) electrons. The van der Waals surface area contributed by atoms with E-state index in [0.717, 1.165) is 5.69 Å². The summed E-state index contributed by atoms with van der Waals surface area (Å²) in [5.41, 5.74) is 19.9. The van der Waals surface area contributed by atoms with Crippen molar-refractivity contribution in [3.05, 3.63) is 206 Å². The third-order valence-corrected chi connectivity index (χ3v) is 12.7. The Morgan fingerprint density at radius 2 is 0.914 bits per heavy atom. The molecule has 0 N–H and O–H groups in total. The molecule has 0 amide bonds. The third-order valence-electron chi connectivity index (χ3n) is 12.7. The minimum absolute atomic E-state index is 0.0543. The molecule has 0 aliphatic carbocycles.